The fourth-order valence-corrected chi connectivity index (χ4v) is 1.57. The van der Waals surface area contributed by atoms with Crippen molar-refractivity contribution in [2.45, 2.75) is 13.0 Å². The highest BCUT2D eigenvalue weighted by atomic mass is 16.5. The molecule has 0 bridgehead atoms. The number of hydrogen-bond acceptors (Lipinski definition) is 4. The monoisotopic (exact) mass is 257 g/mol. The van der Waals surface area contributed by atoms with Crippen molar-refractivity contribution < 1.29 is 9.53 Å². The number of carbonyl (C=O) groups excluding carboxylic acids is 1. The molecule has 1 heterocycles. The van der Waals surface area contributed by atoms with Crippen molar-refractivity contribution in [3.05, 3.63) is 53.7 Å². The third-order valence-corrected chi connectivity index (χ3v) is 2.65. The van der Waals surface area contributed by atoms with Crippen molar-refractivity contribution in [1.29, 1.82) is 0 Å². The van der Waals surface area contributed by atoms with Crippen LogP contribution in [0.5, 0.6) is 11.6 Å². The number of aromatic nitrogens is 1. The van der Waals surface area contributed by atoms with E-state index in [0.29, 0.717) is 17.2 Å². The number of hydrogen-bond donors (Lipinski definition) is 2. The van der Waals surface area contributed by atoms with Crippen molar-refractivity contribution in [3.8, 4) is 11.6 Å². The first kappa shape index (κ1) is 13.0. The molecule has 0 spiro atoms. The Balaban J connectivity index is 2.16. The van der Waals surface area contributed by atoms with E-state index in [-0.39, 0.29) is 6.04 Å². The maximum atomic E-state index is 10.9. The standard InChI is InChI=1S/C14H15N3O2/c1-9(15)11-6-7-17-13(8-11)19-12-4-2-10(3-5-12)14(16)18/h2-9H,15H2,1H3,(H2,16,18). The van der Waals surface area contributed by atoms with Gasteiger partial charge in [0.1, 0.15) is 5.75 Å². The van der Waals surface area contributed by atoms with E-state index in [9.17, 15) is 4.79 Å². The fourth-order valence-electron chi connectivity index (χ4n) is 1.57. The molecule has 19 heavy (non-hydrogen) atoms. The number of nitrogens with two attached hydrogens (primary N) is 2. The van der Waals surface area contributed by atoms with Crippen molar-refractivity contribution >= 4 is 5.91 Å². The molecule has 0 fully saturated rings. The lowest BCUT2D eigenvalue weighted by molar-refractivity contribution is 0.100. The lowest BCUT2D eigenvalue weighted by Crippen LogP contribution is -2.10. The van der Waals surface area contributed by atoms with Gasteiger partial charge in [0.05, 0.1) is 0 Å². The highest BCUT2D eigenvalue weighted by Gasteiger charge is 2.05. The molecule has 2 aromatic rings. The summed E-state index contributed by atoms with van der Waals surface area (Å²) in [7, 11) is 0. The number of amides is 1. The average molecular weight is 257 g/mol. The summed E-state index contributed by atoms with van der Waals surface area (Å²) in [5.41, 5.74) is 12.3. The topological polar surface area (TPSA) is 91.2 Å². The van der Waals surface area contributed by atoms with Crippen LogP contribution < -0.4 is 16.2 Å². The first-order chi connectivity index (χ1) is 9.06. The minimum Gasteiger partial charge on any atom is -0.439 e. The quantitative estimate of drug-likeness (QED) is 0.876. The third kappa shape index (κ3) is 3.29. The Hall–Kier alpha value is -2.40. The Kier molecular flexibility index (Phi) is 3.77. The predicted molar refractivity (Wildman–Crippen MR) is 71.9 cm³/mol. The van der Waals surface area contributed by atoms with Gasteiger partial charge in [-0.25, -0.2) is 4.98 Å². The SMILES string of the molecule is CC(N)c1ccnc(Oc2ccc(C(N)=O)cc2)c1. The predicted octanol–water partition coefficient (Wildman–Crippen LogP) is 1.99. The summed E-state index contributed by atoms with van der Waals surface area (Å²) in [4.78, 5) is 15.1. The average Bonchev–Trinajstić information content (AvgIpc) is 2.39. The zero-order chi connectivity index (χ0) is 13.8. The minimum absolute atomic E-state index is 0.0809. The normalized spacial score (nSPS) is 11.9. The van der Waals surface area contributed by atoms with Crippen LogP contribution in [0.15, 0.2) is 42.6 Å². The van der Waals surface area contributed by atoms with Crippen molar-refractivity contribution in [1.82, 2.24) is 4.98 Å². The molecule has 1 aromatic heterocycles. The van der Waals surface area contributed by atoms with Gasteiger partial charge in [0.25, 0.3) is 0 Å². The van der Waals surface area contributed by atoms with Crippen LogP contribution in [0.2, 0.25) is 0 Å². The van der Waals surface area contributed by atoms with Gasteiger partial charge in [-0.1, -0.05) is 0 Å². The van der Waals surface area contributed by atoms with Gasteiger partial charge in [0, 0.05) is 23.9 Å². The molecule has 1 amide bonds. The van der Waals surface area contributed by atoms with Gasteiger partial charge in [0.2, 0.25) is 11.8 Å². The second-order valence-electron chi connectivity index (χ2n) is 4.21. The van der Waals surface area contributed by atoms with Crippen LogP contribution in [-0.2, 0) is 0 Å². The molecule has 1 unspecified atom stereocenters. The van der Waals surface area contributed by atoms with Gasteiger partial charge in [-0.15, -0.1) is 0 Å². The summed E-state index contributed by atoms with van der Waals surface area (Å²) in [5, 5.41) is 0. The second kappa shape index (κ2) is 5.49. The van der Waals surface area contributed by atoms with E-state index in [1.807, 2.05) is 13.0 Å². The van der Waals surface area contributed by atoms with Crippen LogP contribution >= 0.6 is 0 Å². The highest BCUT2D eigenvalue weighted by molar-refractivity contribution is 5.92. The molecule has 0 aliphatic heterocycles. The maximum absolute atomic E-state index is 10.9. The minimum atomic E-state index is -0.469. The van der Waals surface area contributed by atoms with Crippen molar-refractivity contribution in [3.63, 3.8) is 0 Å². The van der Waals surface area contributed by atoms with E-state index in [4.69, 9.17) is 16.2 Å². The number of benzene rings is 1. The molecule has 0 saturated carbocycles. The Morgan fingerprint density at radius 2 is 1.95 bits per heavy atom. The van der Waals surface area contributed by atoms with E-state index in [1.54, 1.807) is 36.5 Å². The Morgan fingerprint density at radius 1 is 1.26 bits per heavy atom. The number of rotatable bonds is 4. The van der Waals surface area contributed by atoms with Crippen LogP contribution in [0, 0.1) is 0 Å². The molecule has 0 radical (unpaired) electrons. The number of carbonyl (C=O) groups is 1. The maximum Gasteiger partial charge on any atom is 0.248 e. The number of nitrogens with zero attached hydrogens (tertiary/aromatic N) is 1. The van der Waals surface area contributed by atoms with Gasteiger partial charge in [-0.2, -0.15) is 0 Å². The summed E-state index contributed by atoms with van der Waals surface area (Å²) in [5.74, 6) is 0.574. The summed E-state index contributed by atoms with van der Waals surface area (Å²) in [6.45, 7) is 1.89. The molecular formula is C14H15N3O2. The Bertz CT molecular complexity index is 579. The summed E-state index contributed by atoms with van der Waals surface area (Å²) in [6.07, 6.45) is 1.64. The van der Waals surface area contributed by atoms with Gasteiger partial charge >= 0.3 is 0 Å². The molecule has 98 valence electrons. The summed E-state index contributed by atoms with van der Waals surface area (Å²) in [6, 6.07) is 10.1. The van der Waals surface area contributed by atoms with Crippen LogP contribution in [0.4, 0.5) is 0 Å². The van der Waals surface area contributed by atoms with Gasteiger partial charge in [-0.05, 0) is 42.8 Å². The Labute approximate surface area is 111 Å². The van der Waals surface area contributed by atoms with E-state index < -0.39 is 5.91 Å². The molecule has 5 nitrogen and oxygen atoms in total. The lowest BCUT2D eigenvalue weighted by Gasteiger charge is -2.08. The first-order valence-corrected chi connectivity index (χ1v) is 5.85. The van der Waals surface area contributed by atoms with Crippen molar-refractivity contribution in [2.24, 2.45) is 11.5 Å². The first-order valence-electron chi connectivity index (χ1n) is 5.85. The smallest absolute Gasteiger partial charge is 0.248 e. The van der Waals surface area contributed by atoms with E-state index in [1.165, 1.54) is 0 Å². The number of pyridine rings is 1. The van der Waals surface area contributed by atoms with Gasteiger partial charge < -0.3 is 16.2 Å². The largest absolute Gasteiger partial charge is 0.439 e. The molecule has 5 heteroatoms. The molecule has 1 atom stereocenters. The van der Waals surface area contributed by atoms with Crippen LogP contribution in [0.25, 0.3) is 0 Å². The summed E-state index contributed by atoms with van der Waals surface area (Å²) < 4.78 is 5.59. The van der Waals surface area contributed by atoms with Crippen molar-refractivity contribution in [2.75, 3.05) is 0 Å². The van der Waals surface area contributed by atoms with Crippen LogP contribution in [-0.4, -0.2) is 10.9 Å². The molecular weight excluding hydrogens is 242 g/mol. The zero-order valence-electron chi connectivity index (χ0n) is 10.5. The van der Waals surface area contributed by atoms with E-state index >= 15 is 0 Å². The number of primary amides is 1. The van der Waals surface area contributed by atoms with E-state index in [2.05, 4.69) is 4.98 Å². The molecule has 0 saturated heterocycles. The summed E-state index contributed by atoms with van der Waals surface area (Å²) >= 11 is 0. The molecule has 1 aromatic carbocycles. The Morgan fingerprint density at radius 3 is 2.53 bits per heavy atom. The highest BCUT2D eigenvalue weighted by Crippen LogP contribution is 2.22. The second-order valence-corrected chi connectivity index (χ2v) is 4.21. The third-order valence-electron chi connectivity index (χ3n) is 2.65. The van der Waals surface area contributed by atoms with Gasteiger partial charge in [-0.3, -0.25) is 4.79 Å². The fraction of sp³-hybridized carbons (Fsp3) is 0.143. The number of ether oxygens (including phenoxy) is 1. The van der Waals surface area contributed by atoms with E-state index in [0.717, 1.165) is 5.56 Å². The zero-order valence-corrected chi connectivity index (χ0v) is 10.5. The lowest BCUT2D eigenvalue weighted by atomic mass is 10.1. The van der Waals surface area contributed by atoms with Crippen LogP contribution in [0.3, 0.4) is 0 Å². The molecule has 4 N–H and O–H groups in total. The van der Waals surface area contributed by atoms with Gasteiger partial charge in [0.15, 0.2) is 0 Å². The molecule has 0 aliphatic carbocycles. The van der Waals surface area contributed by atoms with Crippen LogP contribution in [0.1, 0.15) is 28.9 Å². The molecule has 0 aliphatic rings. The molecule has 2 rings (SSSR count).